The Morgan fingerprint density at radius 1 is 1.05 bits per heavy atom. The summed E-state index contributed by atoms with van der Waals surface area (Å²) in [6.45, 7) is 1.62. The lowest BCUT2D eigenvalue weighted by molar-refractivity contribution is -0.137. The van der Waals surface area contributed by atoms with E-state index in [1.807, 2.05) is 0 Å². The molecule has 2 nitrogen and oxygen atoms in total. The Morgan fingerprint density at radius 3 is 2.30 bits per heavy atom. The number of aryl methyl sites for hydroxylation is 1. The number of halogens is 4. The maximum absolute atomic E-state index is 13.4. The van der Waals surface area contributed by atoms with Gasteiger partial charge in [-0.05, 0) is 42.8 Å². The van der Waals surface area contributed by atoms with Crippen molar-refractivity contribution in [2.45, 2.75) is 13.1 Å². The van der Waals surface area contributed by atoms with Gasteiger partial charge < -0.3 is 11.1 Å². The van der Waals surface area contributed by atoms with Crippen molar-refractivity contribution >= 4 is 17.1 Å². The number of hydrogen-bond donors (Lipinski definition) is 2. The van der Waals surface area contributed by atoms with Crippen LogP contribution in [-0.2, 0) is 6.18 Å². The number of nitrogens with one attached hydrogen (secondary N) is 1. The van der Waals surface area contributed by atoms with E-state index in [1.54, 1.807) is 19.1 Å². The molecule has 0 saturated carbocycles. The summed E-state index contributed by atoms with van der Waals surface area (Å²) in [6.07, 6.45) is -4.44. The third kappa shape index (κ3) is 3.01. The van der Waals surface area contributed by atoms with Gasteiger partial charge >= 0.3 is 6.18 Å². The molecule has 0 amide bonds. The van der Waals surface area contributed by atoms with Crippen LogP contribution in [0.5, 0.6) is 0 Å². The Kier molecular flexibility index (Phi) is 3.57. The molecule has 0 aliphatic carbocycles. The third-order valence-corrected chi connectivity index (χ3v) is 2.83. The van der Waals surface area contributed by atoms with Gasteiger partial charge in [-0.3, -0.25) is 0 Å². The van der Waals surface area contributed by atoms with E-state index in [-0.39, 0.29) is 5.69 Å². The summed E-state index contributed by atoms with van der Waals surface area (Å²) < 4.78 is 50.9. The Morgan fingerprint density at radius 2 is 1.75 bits per heavy atom. The van der Waals surface area contributed by atoms with E-state index in [2.05, 4.69) is 5.32 Å². The summed E-state index contributed by atoms with van der Waals surface area (Å²) in [5, 5.41) is 2.79. The smallest absolute Gasteiger partial charge is 0.397 e. The van der Waals surface area contributed by atoms with E-state index in [4.69, 9.17) is 5.73 Å². The number of benzene rings is 2. The quantitative estimate of drug-likeness (QED) is 0.630. The van der Waals surface area contributed by atoms with Crippen molar-refractivity contribution in [2.24, 2.45) is 0 Å². The molecule has 2 aromatic rings. The molecule has 0 heterocycles. The molecule has 0 radical (unpaired) electrons. The van der Waals surface area contributed by atoms with Gasteiger partial charge in [0.2, 0.25) is 0 Å². The van der Waals surface area contributed by atoms with Crippen LogP contribution < -0.4 is 11.1 Å². The molecule has 2 rings (SSSR count). The number of rotatable bonds is 2. The zero-order valence-electron chi connectivity index (χ0n) is 10.6. The van der Waals surface area contributed by atoms with Gasteiger partial charge in [-0.15, -0.1) is 0 Å². The first-order chi connectivity index (χ1) is 9.27. The zero-order chi connectivity index (χ0) is 14.9. The second kappa shape index (κ2) is 5.03. The van der Waals surface area contributed by atoms with Crippen molar-refractivity contribution in [1.82, 2.24) is 0 Å². The summed E-state index contributed by atoms with van der Waals surface area (Å²) >= 11 is 0. The minimum atomic E-state index is -4.44. The maximum atomic E-state index is 13.4. The number of nitrogen functional groups attached to an aromatic ring is 1. The summed E-state index contributed by atoms with van der Waals surface area (Å²) in [5.41, 5.74) is 5.89. The van der Waals surface area contributed by atoms with Crippen molar-refractivity contribution < 1.29 is 17.6 Å². The van der Waals surface area contributed by atoms with Gasteiger partial charge in [0, 0.05) is 5.69 Å². The fourth-order valence-electron chi connectivity index (χ4n) is 1.68. The fourth-order valence-corrected chi connectivity index (χ4v) is 1.68. The topological polar surface area (TPSA) is 38.0 Å². The van der Waals surface area contributed by atoms with Crippen LogP contribution in [-0.4, -0.2) is 0 Å². The molecule has 0 saturated heterocycles. The third-order valence-electron chi connectivity index (χ3n) is 2.83. The highest BCUT2D eigenvalue weighted by Crippen LogP contribution is 2.33. The number of nitrogens with two attached hydrogens (primary N) is 1. The number of alkyl halides is 3. The Labute approximate surface area is 113 Å². The molecular formula is C14H12F4N2. The fraction of sp³-hybridized carbons (Fsp3) is 0.143. The lowest BCUT2D eigenvalue weighted by atomic mass is 10.1. The van der Waals surface area contributed by atoms with Crippen LogP contribution in [0.1, 0.15) is 11.1 Å². The first-order valence-corrected chi connectivity index (χ1v) is 5.77. The van der Waals surface area contributed by atoms with Crippen LogP contribution in [0.2, 0.25) is 0 Å². The monoisotopic (exact) mass is 284 g/mol. The Balaban J connectivity index is 2.28. The van der Waals surface area contributed by atoms with Gasteiger partial charge in [-0.2, -0.15) is 13.2 Å². The summed E-state index contributed by atoms with van der Waals surface area (Å²) in [6, 6.07) is 7.42. The number of anilines is 3. The van der Waals surface area contributed by atoms with Gasteiger partial charge in [-0.25, -0.2) is 4.39 Å². The van der Waals surface area contributed by atoms with Gasteiger partial charge in [0.25, 0.3) is 0 Å². The first kappa shape index (κ1) is 14.2. The van der Waals surface area contributed by atoms with E-state index < -0.39 is 17.6 Å². The molecule has 3 N–H and O–H groups in total. The van der Waals surface area contributed by atoms with Crippen LogP contribution in [0.3, 0.4) is 0 Å². The van der Waals surface area contributed by atoms with E-state index >= 15 is 0 Å². The normalized spacial score (nSPS) is 11.4. The van der Waals surface area contributed by atoms with Crippen LogP contribution in [0, 0.1) is 12.7 Å². The van der Waals surface area contributed by atoms with Gasteiger partial charge in [-0.1, -0.05) is 6.07 Å². The molecule has 106 valence electrons. The van der Waals surface area contributed by atoms with Gasteiger partial charge in [0.1, 0.15) is 5.82 Å². The summed E-state index contributed by atoms with van der Waals surface area (Å²) in [7, 11) is 0. The molecule has 0 spiro atoms. The minimum absolute atomic E-state index is 0.0548. The van der Waals surface area contributed by atoms with Crippen LogP contribution in [0.15, 0.2) is 36.4 Å². The SMILES string of the molecule is Cc1ccc(Nc2ccc(C(F)(F)F)cc2N)cc1F. The van der Waals surface area contributed by atoms with Gasteiger partial charge in [0.05, 0.1) is 16.9 Å². The molecule has 0 aromatic heterocycles. The average Bonchev–Trinajstić information content (AvgIpc) is 2.35. The molecule has 0 aliphatic heterocycles. The molecule has 20 heavy (non-hydrogen) atoms. The van der Waals surface area contributed by atoms with Crippen molar-refractivity contribution in [3.05, 3.63) is 53.3 Å². The highest BCUT2D eigenvalue weighted by molar-refractivity contribution is 5.73. The minimum Gasteiger partial charge on any atom is -0.397 e. The Bertz CT molecular complexity index is 636. The first-order valence-electron chi connectivity index (χ1n) is 5.77. The molecule has 6 heteroatoms. The highest BCUT2D eigenvalue weighted by atomic mass is 19.4. The van der Waals surface area contributed by atoms with E-state index in [9.17, 15) is 17.6 Å². The van der Waals surface area contributed by atoms with Gasteiger partial charge in [0.15, 0.2) is 0 Å². The second-order valence-corrected chi connectivity index (χ2v) is 4.39. The summed E-state index contributed by atoms with van der Waals surface area (Å²) in [5.74, 6) is -0.402. The highest BCUT2D eigenvalue weighted by Gasteiger charge is 2.30. The lowest BCUT2D eigenvalue weighted by Gasteiger charge is -2.13. The maximum Gasteiger partial charge on any atom is 0.416 e. The number of hydrogen-bond acceptors (Lipinski definition) is 2. The van der Waals surface area contributed by atoms with E-state index in [0.717, 1.165) is 12.1 Å². The van der Waals surface area contributed by atoms with Crippen LogP contribution in [0.25, 0.3) is 0 Å². The second-order valence-electron chi connectivity index (χ2n) is 4.39. The standard InChI is InChI=1S/C14H12F4N2/c1-8-2-4-10(7-11(8)15)20-13-5-3-9(6-12(13)19)14(16,17)18/h2-7,20H,19H2,1H3. The van der Waals surface area contributed by atoms with Crippen molar-refractivity contribution in [2.75, 3.05) is 11.1 Å². The largest absolute Gasteiger partial charge is 0.416 e. The van der Waals surface area contributed by atoms with E-state index in [0.29, 0.717) is 16.9 Å². The molecule has 2 aromatic carbocycles. The predicted octanol–water partition coefficient (Wildman–Crippen LogP) is 4.48. The average molecular weight is 284 g/mol. The zero-order valence-corrected chi connectivity index (χ0v) is 10.6. The lowest BCUT2D eigenvalue weighted by Crippen LogP contribution is -2.06. The van der Waals surface area contributed by atoms with Crippen molar-refractivity contribution in [1.29, 1.82) is 0 Å². The Hall–Kier alpha value is -2.24. The molecule has 0 atom stereocenters. The van der Waals surface area contributed by atoms with Crippen molar-refractivity contribution in [3.63, 3.8) is 0 Å². The van der Waals surface area contributed by atoms with Crippen LogP contribution in [0.4, 0.5) is 34.6 Å². The predicted molar refractivity (Wildman–Crippen MR) is 70.3 cm³/mol. The van der Waals surface area contributed by atoms with Crippen molar-refractivity contribution in [3.8, 4) is 0 Å². The van der Waals surface area contributed by atoms with E-state index in [1.165, 1.54) is 12.1 Å². The molecule has 0 aliphatic rings. The molecule has 0 fully saturated rings. The van der Waals surface area contributed by atoms with Crippen LogP contribution >= 0.6 is 0 Å². The molecular weight excluding hydrogens is 272 g/mol. The molecule has 0 bridgehead atoms. The molecule has 0 unspecified atom stereocenters. The summed E-state index contributed by atoms with van der Waals surface area (Å²) in [4.78, 5) is 0.